The van der Waals surface area contributed by atoms with Crippen LogP contribution >= 0.6 is 0 Å². The van der Waals surface area contributed by atoms with Gasteiger partial charge in [0, 0.05) is 20.1 Å². The quantitative estimate of drug-likeness (QED) is 0.0536. The van der Waals surface area contributed by atoms with E-state index < -0.39 is 60.3 Å². The van der Waals surface area contributed by atoms with Crippen molar-refractivity contribution >= 4 is 35.6 Å². The van der Waals surface area contributed by atoms with Gasteiger partial charge in [0.05, 0.1) is 12.6 Å². The summed E-state index contributed by atoms with van der Waals surface area (Å²) in [5.41, 5.74) is 16.8. The van der Waals surface area contributed by atoms with Crippen molar-refractivity contribution in [2.75, 3.05) is 33.2 Å². The Labute approximate surface area is 235 Å². The number of amides is 4. The van der Waals surface area contributed by atoms with Crippen LogP contribution < -0.4 is 33.2 Å². The zero-order chi connectivity index (χ0) is 30.4. The summed E-state index contributed by atoms with van der Waals surface area (Å²) >= 11 is 0. The summed E-state index contributed by atoms with van der Waals surface area (Å²) in [6.45, 7) is 4.16. The number of rotatable bonds is 17. The molecule has 40 heavy (non-hydrogen) atoms. The number of likely N-dealkylation sites (tertiary alicyclic amines) is 1. The van der Waals surface area contributed by atoms with E-state index in [2.05, 4.69) is 16.0 Å². The predicted molar refractivity (Wildman–Crippen MR) is 149 cm³/mol. The lowest BCUT2D eigenvalue weighted by molar-refractivity contribution is -0.150. The smallest absolute Gasteiger partial charge is 0.326 e. The van der Waals surface area contributed by atoms with Gasteiger partial charge in [0.2, 0.25) is 23.6 Å². The van der Waals surface area contributed by atoms with Crippen LogP contribution in [0.5, 0.6) is 0 Å². The molecule has 11 N–H and O–H groups in total. The molecule has 4 amide bonds. The number of hydrogen-bond donors (Lipinski definition) is 8. The number of nitrogens with zero attached hydrogens (tertiary/aromatic N) is 2. The maximum Gasteiger partial charge on any atom is 0.326 e. The standard InChI is InChI=1S/C25H47N9O6/c1-15(2)20(23(38)34-13-7-10-18(34)24(39)40)32-19(35)14-33(3)22(37)17(9-6-12-30-25(28)29)31-21(36)16(27)8-4-5-11-26/h15-18,20H,4-14,26-27H2,1-3H3,(H,31,36)(H,32,35)(H,39,40)(H4,28,29,30)/t16-,17-,18-,20-/m0/s1. The average molecular weight is 570 g/mol. The number of carbonyl (C=O) groups excluding carboxylic acids is 4. The molecule has 1 aliphatic heterocycles. The molecule has 1 aliphatic rings. The molecule has 1 heterocycles. The van der Waals surface area contributed by atoms with Gasteiger partial charge < -0.3 is 48.1 Å². The van der Waals surface area contributed by atoms with Crippen molar-refractivity contribution in [2.45, 2.75) is 83.0 Å². The zero-order valence-corrected chi connectivity index (χ0v) is 23.8. The molecule has 0 radical (unpaired) electrons. The minimum absolute atomic E-state index is 0.199. The van der Waals surface area contributed by atoms with Crippen LogP contribution in [-0.2, 0) is 24.0 Å². The number of likely N-dealkylation sites (N-methyl/N-ethyl adjacent to an activating group) is 1. The fourth-order valence-electron chi connectivity index (χ4n) is 4.46. The molecule has 0 unspecified atom stereocenters. The van der Waals surface area contributed by atoms with Crippen molar-refractivity contribution < 1.29 is 29.1 Å². The van der Waals surface area contributed by atoms with Crippen molar-refractivity contribution in [3.8, 4) is 0 Å². The molecule has 1 fully saturated rings. The number of aliphatic carboxylic acids is 1. The SMILES string of the molecule is CC(C)[C@H](NC(=O)CN(C)C(=O)[C@H](CCCNC(=N)N)NC(=O)[C@@H](N)CCCCN)C(=O)N1CCC[C@H]1C(=O)O. The second-order valence-electron chi connectivity index (χ2n) is 10.4. The monoisotopic (exact) mass is 569 g/mol. The largest absolute Gasteiger partial charge is 0.480 e. The van der Waals surface area contributed by atoms with Crippen molar-refractivity contribution in [2.24, 2.45) is 23.1 Å². The number of nitrogens with two attached hydrogens (primary N) is 3. The average Bonchev–Trinajstić information content (AvgIpc) is 3.38. The van der Waals surface area contributed by atoms with E-state index in [0.29, 0.717) is 58.2 Å². The molecule has 0 aromatic carbocycles. The van der Waals surface area contributed by atoms with Crippen LogP contribution in [0.25, 0.3) is 0 Å². The first kappa shape index (κ1) is 34.6. The van der Waals surface area contributed by atoms with Crippen LogP contribution in [0.2, 0.25) is 0 Å². The molecule has 0 aromatic heterocycles. The van der Waals surface area contributed by atoms with Gasteiger partial charge in [-0.3, -0.25) is 24.6 Å². The highest BCUT2D eigenvalue weighted by atomic mass is 16.4. The first-order valence-electron chi connectivity index (χ1n) is 13.7. The molecule has 1 rings (SSSR count). The molecule has 15 nitrogen and oxygen atoms in total. The third-order valence-electron chi connectivity index (χ3n) is 6.73. The van der Waals surface area contributed by atoms with Crippen LogP contribution in [0.4, 0.5) is 0 Å². The Hall–Kier alpha value is -3.46. The fraction of sp³-hybridized carbons (Fsp3) is 0.760. The lowest BCUT2D eigenvalue weighted by Gasteiger charge is -2.30. The lowest BCUT2D eigenvalue weighted by Crippen LogP contribution is -2.56. The maximum absolute atomic E-state index is 13.3. The van der Waals surface area contributed by atoms with Gasteiger partial charge >= 0.3 is 5.97 Å². The van der Waals surface area contributed by atoms with Crippen LogP contribution in [0.15, 0.2) is 0 Å². The highest BCUT2D eigenvalue weighted by Crippen LogP contribution is 2.20. The molecule has 0 aromatic rings. The first-order valence-corrected chi connectivity index (χ1v) is 13.7. The van der Waals surface area contributed by atoms with Crippen molar-refractivity contribution in [1.29, 1.82) is 5.41 Å². The number of hydrogen-bond acceptors (Lipinski definition) is 8. The fourth-order valence-corrected chi connectivity index (χ4v) is 4.46. The third-order valence-corrected chi connectivity index (χ3v) is 6.73. The van der Waals surface area contributed by atoms with Gasteiger partial charge in [0.1, 0.15) is 18.1 Å². The Balaban J connectivity index is 2.87. The molecule has 15 heteroatoms. The highest BCUT2D eigenvalue weighted by molar-refractivity contribution is 5.94. The van der Waals surface area contributed by atoms with Gasteiger partial charge in [-0.25, -0.2) is 4.79 Å². The summed E-state index contributed by atoms with van der Waals surface area (Å²) in [6.07, 6.45) is 3.28. The summed E-state index contributed by atoms with van der Waals surface area (Å²) in [7, 11) is 1.41. The third kappa shape index (κ3) is 11.3. The molecular formula is C25H47N9O6. The number of carbonyl (C=O) groups is 5. The first-order chi connectivity index (χ1) is 18.8. The van der Waals surface area contributed by atoms with Crippen LogP contribution in [0, 0.1) is 11.3 Å². The molecule has 0 bridgehead atoms. The molecule has 228 valence electrons. The minimum atomic E-state index is -1.09. The van der Waals surface area contributed by atoms with Crippen LogP contribution in [0.1, 0.15) is 58.8 Å². The minimum Gasteiger partial charge on any atom is -0.480 e. The number of carboxylic acids is 1. The molecule has 4 atom stereocenters. The number of guanidine groups is 1. The molecule has 0 spiro atoms. The Morgan fingerprint density at radius 2 is 1.77 bits per heavy atom. The summed E-state index contributed by atoms with van der Waals surface area (Å²) in [5, 5.41) is 24.6. The van der Waals surface area contributed by atoms with Gasteiger partial charge in [-0.15, -0.1) is 0 Å². The van der Waals surface area contributed by atoms with E-state index in [9.17, 15) is 29.1 Å². The number of nitrogens with one attached hydrogen (secondary N) is 4. The Kier molecular flexibility index (Phi) is 14.9. The van der Waals surface area contributed by atoms with Gasteiger partial charge in [-0.2, -0.15) is 0 Å². The summed E-state index contributed by atoms with van der Waals surface area (Å²) < 4.78 is 0. The predicted octanol–water partition coefficient (Wildman–Crippen LogP) is -2.13. The second-order valence-corrected chi connectivity index (χ2v) is 10.4. The summed E-state index contributed by atoms with van der Waals surface area (Å²) in [5.74, 6) is -3.75. The topological polar surface area (TPSA) is 250 Å². The van der Waals surface area contributed by atoms with E-state index >= 15 is 0 Å². The van der Waals surface area contributed by atoms with Gasteiger partial charge in [-0.1, -0.05) is 20.3 Å². The summed E-state index contributed by atoms with van der Waals surface area (Å²) in [4.78, 5) is 65.9. The van der Waals surface area contributed by atoms with Crippen LogP contribution in [-0.4, -0.2) is 108 Å². The Morgan fingerprint density at radius 3 is 2.35 bits per heavy atom. The zero-order valence-electron chi connectivity index (χ0n) is 23.8. The van der Waals surface area contributed by atoms with E-state index in [-0.39, 0.29) is 18.3 Å². The number of unbranched alkanes of at least 4 members (excludes halogenated alkanes) is 1. The maximum atomic E-state index is 13.3. The van der Waals surface area contributed by atoms with E-state index in [1.165, 1.54) is 11.9 Å². The second kappa shape index (κ2) is 17.3. The van der Waals surface area contributed by atoms with E-state index in [0.717, 1.165) is 4.90 Å². The normalized spacial score (nSPS) is 17.1. The van der Waals surface area contributed by atoms with E-state index in [1.54, 1.807) is 13.8 Å². The van der Waals surface area contributed by atoms with Gasteiger partial charge in [0.15, 0.2) is 5.96 Å². The van der Waals surface area contributed by atoms with Gasteiger partial charge in [-0.05, 0) is 51.0 Å². The molecule has 0 saturated carbocycles. The Bertz CT molecular complexity index is 900. The number of carboxylic acid groups (broad SMARTS) is 1. The van der Waals surface area contributed by atoms with E-state index in [1.807, 2.05) is 0 Å². The van der Waals surface area contributed by atoms with Gasteiger partial charge in [0.25, 0.3) is 0 Å². The van der Waals surface area contributed by atoms with Crippen molar-refractivity contribution in [1.82, 2.24) is 25.8 Å². The van der Waals surface area contributed by atoms with E-state index in [4.69, 9.17) is 22.6 Å². The molecular weight excluding hydrogens is 522 g/mol. The Morgan fingerprint density at radius 1 is 1.10 bits per heavy atom. The highest BCUT2D eigenvalue weighted by Gasteiger charge is 2.38. The molecule has 1 saturated heterocycles. The van der Waals surface area contributed by atoms with Crippen LogP contribution in [0.3, 0.4) is 0 Å². The molecule has 0 aliphatic carbocycles. The lowest BCUT2D eigenvalue weighted by atomic mass is 10.0. The van der Waals surface area contributed by atoms with Crippen molar-refractivity contribution in [3.63, 3.8) is 0 Å². The summed E-state index contributed by atoms with van der Waals surface area (Å²) in [6, 6.07) is -3.71. The van der Waals surface area contributed by atoms with Crippen molar-refractivity contribution in [3.05, 3.63) is 0 Å².